The molecule has 0 bridgehead atoms. The smallest absolute Gasteiger partial charge is 0.255 e. The molecular formula is C19H32ClN3O4S. The number of likely N-dealkylation sites (N-methyl/N-ethyl adjacent to an activating group) is 1. The molecule has 1 amide bonds. The summed E-state index contributed by atoms with van der Waals surface area (Å²) in [5.74, 6) is 0.0166. The van der Waals surface area contributed by atoms with Gasteiger partial charge in [-0.15, -0.1) is 12.4 Å². The van der Waals surface area contributed by atoms with Gasteiger partial charge in [-0.1, -0.05) is 19.8 Å². The highest BCUT2D eigenvalue weighted by molar-refractivity contribution is 7.89. The molecule has 28 heavy (non-hydrogen) atoms. The fraction of sp³-hybridized carbons (Fsp3) is 0.632. The highest BCUT2D eigenvalue weighted by Crippen LogP contribution is 2.26. The van der Waals surface area contributed by atoms with Crippen LogP contribution >= 0.6 is 12.4 Å². The van der Waals surface area contributed by atoms with Crippen LogP contribution in [-0.2, 0) is 10.0 Å². The molecule has 0 radical (unpaired) electrons. The molecule has 2 rings (SSSR count). The van der Waals surface area contributed by atoms with Crippen LogP contribution in [-0.4, -0.2) is 58.0 Å². The number of nitrogens with zero attached hydrogens (tertiary/aromatic N) is 1. The summed E-state index contributed by atoms with van der Waals surface area (Å²) in [7, 11) is -2.15. The van der Waals surface area contributed by atoms with E-state index >= 15 is 0 Å². The summed E-state index contributed by atoms with van der Waals surface area (Å²) < 4.78 is 32.8. The molecule has 0 aromatic heterocycles. The largest absolute Gasteiger partial charge is 0.496 e. The number of methoxy groups -OCH3 is 1. The second kappa shape index (κ2) is 11.6. The summed E-state index contributed by atoms with van der Waals surface area (Å²) in [6.07, 6.45) is 3.83. The summed E-state index contributed by atoms with van der Waals surface area (Å²) >= 11 is 0. The lowest BCUT2D eigenvalue weighted by Crippen LogP contribution is -2.39. The first kappa shape index (κ1) is 24.7. The van der Waals surface area contributed by atoms with E-state index < -0.39 is 10.0 Å². The Hall–Kier alpha value is -1.35. The molecule has 1 aliphatic heterocycles. The number of nitrogens with one attached hydrogen (secondary N) is 2. The first-order valence-electron chi connectivity index (χ1n) is 9.60. The van der Waals surface area contributed by atoms with E-state index in [1.807, 2.05) is 13.8 Å². The van der Waals surface area contributed by atoms with Gasteiger partial charge in [0.25, 0.3) is 5.91 Å². The van der Waals surface area contributed by atoms with E-state index in [1.165, 1.54) is 23.5 Å². The topological polar surface area (TPSA) is 87.7 Å². The minimum Gasteiger partial charge on any atom is -0.496 e. The normalized spacial score (nSPS) is 16.5. The Kier molecular flexibility index (Phi) is 10.2. The van der Waals surface area contributed by atoms with Gasteiger partial charge in [0, 0.05) is 25.7 Å². The van der Waals surface area contributed by atoms with Crippen LogP contribution in [0.25, 0.3) is 0 Å². The van der Waals surface area contributed by atoms with Crippen molar-refractivity contribution in [1.82, 2.24) is 14.9 Å². The molecule has 160 valence electrons. The number of halogens is 1. The molecule has 1 aromatic carbocycles. The summed E-state index contributed by atoms with van der Waals surface area (Å²) in [5.41, 5.74) is 0.233. The van der Waals surface area contributed by atoms with Crippen LogP contribution in [0.2, 0.25) is 0 Å². The van der Waals surface area contributed by atoms with E-state index in [1.54, 1.807) is 6.07 Å². The predicted molar refractivity (Wildman–Crippen MR) is 113 cm³/mol. The summed E-state index contributed by atoms with van der Waals surface area (Å²) in [6, 6.07) is 4.60. The molecule has 7 nitrogen and oxygen atoms in total. The summed E-state index contributed by atoms with van der Waals surface area (Å²) in [4.78, 5) is 12.8. The molecule has 1 fully saturated rings. The van der Waals surface area contributed by atoms with E-state index in [4.69, 9.17) is 4.74 Å². The zero-order chi connectivity index (χ0) is 19.9. The molecule has 1 saturated heterocycles. The number of amides is 1. The number of carbonyl (C=O) groups excluding carboxylic acids is 1. The maximum atomic E-state index is 13.0. The van der Waals surface area contributed by atoms with Gasteiger partial charge >= 0.3 is 0 Å². The zero-order valence-corrected chi connectivity index (χ0v) is 18.5. The average molecular weight is 434 g/mol. The van der Waals surface area contributed by atoms with Crippen molar-refractivity contribution in [2.24, 2.45) is 0 Å². The van der Waals surface area contributed by atoms with Gasteiger partial charge < -0.3 is 15.4 Å². The van der Waals surface area contributed by atoms with Gasteiger partial charge in [-0.05, 0) is 44.5 Å². The number of sulfonamides is 1. The molecule has 0 aliphatic carbocycles. The average Bonchev–Trinajstić information content (AvgIpc) is 2.96. The Labute approximate surface area is 174 Å². The molecule has 0 saturated carbocycles. The number of carbonyl (C=O) groups is 1. The van der Waals surface area contributed by atoms with Gasteiger partial charge in [0.15, 0.2) is 0 Å². The maximum absolute atomic E-state index is 13.0. The molecule has 1 heterocycles. The quantitative estimate of drug-likeness (QED) is 0.657. The van der Waals surface area contributed by atoms with Gasteiger partial charge in [-0.3, -0.25) is 4.79 Å². The van der Waals surface area contributed by atoms with Crippen LogP contribution in [0.15, 0.2) is 23.1 Å². The van der Waals surface area contributed by atoms with Gasteiger partial charge in [0.2, 0.25) is 10.0 Å². The minimum absolute atomic E-state index is 0. The molecule has 1 aliphatic rings. The van der Waals surface area contributed by atoms with Crippen molar-refractivity contribution in [3.8, 4) is 5.75 Å². The molecule has 0 spiro atoms. The monoisotopic (exact) mass is 433 g/mol. The van der Waals surface area contributed by atoms with Crippen molar-refractivity contribution in [3.05, 3.63) is 23.8 Å². The number of ether oxygens (including phenoxy) is 1. The standard InChI is InChI=1S/C19H31N3O4S.ClH/c1-4-20-15(2)14-21-19(23)17-13-16(9-10-18(17)26-3)27(24,25)22-11-7-5-6-8-12-22;/h9-10,13,15,20H,4-8,11-12,14H2,1-3H3,(H,21,23);1H/t15-;/m1./s1. The van der Waals surface area contributed by atoms with Crippen molar-refractivity contribution in [2.75, 3.05) is 33.3 Å². The lowest BCUT2D eigenvalue weighted by atomic mass is 10.2. The van der Waals surface area contributed by atoms with Gasteiger partial charge in [0.1, 0.15) is 5.75 Å². The number of hydrogen-bond acceptors (Lipinski definition) is 5. The highest BCUT2D eigenvalue weighted by Gasteiger charge is 2.27. The number of hydrogen-bond donors (Lipinski definition) is 2. The van der Waals surface area contributed by atoms with Crippen LogP contribution in [0.1, 0.15) is 49.9 Å². The van der Waals surface area contributed by atoms with Crippen molar-refractivity contribution in [1.29, 1.82) is 0 Å². The fourth-order valence-electron chi connectivity index (χ4n) is 3.22. The van der Waals surface area contributed by atoms with Crippen molar-refractivity contribution < 1.29 is 17.9 Å². The van der Waals surface area contributed by atoms with Crippen LogP contribution in [0.3, 0.4) is 0 Å². The Balaban J connectivity index is 0.00000392. The van der Waals surface area contributed by atoms with Gasteiger partial charge in [-0.2, -0.15) is 4.31 Å². The van der Waals surface area contributed by atoms with Crippen molar-refractivity contribution >= 4 is 28.3 Å². The van der Waals surface area contributed by atoms with E-state index in [-0.39, 0.29) is 34.8 Å². The Morgan fingerprint density at radius 2 is 1.86 bits per heavy atom. The zero-order valence-electron chi connectivity index (χ0n) is 16.9. The second-order valence-electron chi connectivity index (χ2n) is 6.85. The van der Waals surface area contributed by atoms with Crippen LogP contribution in [0, 0.1) is 0 Å². The minimum atomic E-state index is -3.62. The van der Waals surface area contributed by atoms with E-state index in [0.29, 0.717) is 25.4 Å². The lowest BCUT2D eigenvalue weighted by molar-refractivity contribution is 0.0947. The molecule has 2 N–H and O–H groups in total. The molecule has 1 atom stereocenters. The lowest BCUT2D eigenvalue weighted by Gasteiger charge is -2.21. The number of benzene rings is 1. The Morgan fingerprint density at radius 1 is 1.21 bits per heavy atom. The molecule has 0 unspecified atom stereocenters. The summed E-state index contributed by atoms with van der Waals surface area (Å²) in [6.45, 7) is 6.27. The Bertz CT molecular complexity index is 735. The van der Waals surface area contributed by atoms with E-state index in [2.05, 4.69) is 10.6 Å². The van der Waals surface area contributed by atoms with Crippen LogP contribution in [0.4, 0.5) is 0 Å². The first-order chi connectivity index (χ1) is 12.9. The molecule has 1 aromatic rings. The predicted octanol–water partition coefficient (Wildman–Crippen LogP) is 2.41. The highest BCUT2D eigenvalue weighted by atomic mass is 35.5. The van der Waals surface area contributed by atoms with Gasteiger partial charge in [-0.25, -0.2) is 8.42 Å². The van der Waals surface area contributed by atoms with Crippen LogP contribution in [0.5, 0.6) is 5.75 Å². The first-order valence-corrected chi connectivity index (χ1v) is 11.0. The van der Waals surface area contributed by atoms with E-state index in [0.717, 1.165) is 32.2 Å². The third kappa shape index (κ3) is 6.34. The van der Waals surface area contributed by atoms with Gasteiger partial charge in [0.05, 0.1) is 17.6 Å². The van der Waals surface area contributed by atoms with E-state index in [9.17, 15) is 13.2 Å². The Morgan fingerprint density at radius 3 is 2.43 bits per heavy atom. The third-order valence-electron chi connectivity index (χ3n) is 4.74. The second-order valence-corrected chi connectivity index (χ2v) is 8.79. The third-order valence-corrected chi connectivity index (χ3v) is 6.63. The molecule has 9 heteroatoms. The van der Waals surface area contributed by atoms with Crippen molar-refractivity contribution in [3.63, 3.8) is 0 Å². The maximum Gasteiger partial charge on any atom is 0.255 e. The molecular weight excluding hydrogens is 402 g/mol. The summed E-state index contributed by atoms with van der Waals surface area (Å²) in [5, 5.41) is 6.05. The van der Waals surface area contributed by atoms with Crippen molar-refractivity contribution in [2.45, 2.75) is 50.5 Å². The number of rotatable bonds is 8. The SMILES string of the molecule is CCN[C@H](C)CNC(=O)c1cc(S(=O)(=O)N2CCCCCC2)ccc1OC.Cl. The van der Waals surface area contributed by atoms with Crippen LogP contribution < -0.4 is 15.4 Å². The fourth-order valence-corrected chi connectivity index (χ4v) is 4.76.